The van der Waals surface area contributed by atoms with E-state index in [1.54, 1.807) is 0 Å². The van der Waals surface area contributed by atoms with Crippen LogP contribution in [0.25, 0.3) is 0 Å². The molecule has 6 nitrogen and oxygen atoms in total. The molecule has 0 aromatic heterocycles. The summed E-state index contributed by atoms with van der Waals surface area (Å²) >= 11 is 0. The molecular formula is C6H12N2O4. The van der Waals surface area contributed by atoms with Crippen molar-refractivity contribution in [2.24, 2.45) is 17.4 Å². The normalized spacial score (nSPS) is 13.9. The van der Waals surface area contributed by atoms with Gasteiger partial charge in [-0.15, -0.1) is 0 Å². The summed E-state index contributed by atoms with van der Waals surface area (Å²) in [6.45, 7) is 1.35. The molecule has 0 aliphatic rings. The number of rotatable bonds is 4. The zero-order valence-electron chi connectivity index (χ0n) is 6.65. The summed E-state index contributed by atoms with van der Waals surface area (Å²) in [6.07, 6.45) is -0.294. The molecule has 1 unspecified atom stereocenters. The minimum atomic E-state index is -1.96. The van der Waals surface area contributed by atoms with E-state index in [4.69, 9.17) is 21.7 Å². The Labute approximate surface area is 69.2 Å². The Morgan fingerprint density at radius 1 is 1.42 bits per heavy atom. The fraction of sp³-hybridized carbons (Fsp3) is 0.667. The molecule has 0 heterocycles. The molecule has 70 valence electrons. The summed E-state index contributed by atoms with van der Waals surface area (Å²) in [6, 6.07) is 0. The van der Waals surface area contributed by atoms with E-state index >= 15 is 0 Å². The van der Waals surface area contributed by atoms with Crippen molar-refractivity contribution in [3.05, 3.63) is 0 Å². The van der Waals surface area contributed by atoms with Gasteiger partial charge in [0.1, 0.15) is 0 Å². The number of hydrogen-bond acceptors (Lipinski definition) is 4. The predicted molar refractivity (Wildman–Crippen MR) is 40.2 cm³/mol. The molecule has 0 fully saturated rings. The maximum absolute atomic E-state index is 10.3. The summed E-state index contributed by atoms with van der Waals surface area (Å²) in [4.78, 5) is 20.6. The van der Waals surface area contributed by atoms with E-state index in [9.17, 15) is 9.59 Å². The van der Waals surface area contributed by atoms with E-state index in [0.717, 1.165) is 0 Å². The molecule has 0 saturated carbocycles. The molecule has 0 bridgehead atoms. The van der Waals surface area contributed by atoms with Crippen molar-refractivity contribution in [3.63, 3.8) is 0 Å². The molecule has 0 spiro atoms. The van der Waals surface area contributed by atoms with Gasteiger partial charge in [-0.2, -0.15) is 0 Å². The molecular weight excluding hydrogens is 164 g/mol. The first kappa shape index (κ1) is 10.9. The Bertz CT molecular complexity index is 202. The van der Waals surface area contributed by atoms with Crippen molar-refractivity contribution in [1.29, 1.82) is 0 Å². The lowest BCUT2D eigenvalue weighted by Gasteiger charge is -2.20. The Kier molecular flexibility index (Phi) is 3.17. The highest BCUT2D eigenvalue weighted by Gasteiger charge is 2.32. The van der Waals surface area contributed by atoms with Gasteiger partial charge in [0.2, 0.25) is 0 Å². The highest BCUT2D eigenvalue weighted by atomic mass is 16.4. The zero-order chi connectivity index (χ0) is 9.94. The number of carboxylic acids is 2. The molecule has 6 heteroatoms. The number of hydrogen-bond donors (Lipinski definition) is 4. The molecule has 0 aliphatic heterocycles. The first-order chi connectivity index (χ1) is 5.27. The first-order valence-corrected chi connectivity index (χ1v) is 3.31. The lowest BCUT2D eigenvalue weighted by Crippen LogP contribution is -2.57. The van der Waals surface area contributed by atoms with Crippen LogP contribution in [-0.2, 0) is 9.59 Å². The Hall–Kier alpha value is -1.14. The number of nitrogens with two attached hydrogens (primary N) is 2. The fourth-order valence-electron chi connectivity index (χ4n) is 0.681. The summed E-state index contributed by atoms with van der Waals surface area (Å²) in [7, 11) is 0. The highest BCUT2D eigenvalue weighted by Crippen LogP contribution is 2.09. The second-order valence-corrected chi connectivity index (χ2v) is 2.79. The first-order valence-electron chi connectivity index (χ1n) is 3.31. The van der Waals surface area contributed by atoms with Gasteiger partial charge in [-0.1, -0.05) is 6.92 Å². The zero-order valence-corrected chi connectivity index (χ0v) is 6.65. The van der Waals surface area contributed by atoms with Gasteiger partial charge in [-0.3, -0.25) is 4.79 Å². The highest BCUT2D eigenvalue weighted by molar-refractivity contribution is 5.79. The van der Waals surface area contributed by atoms with E-state index in [0.29, 0.717) is 0 Å². The Morgan fingerprint density at radius 3 is 2.08 bits per heavy atom. The number of carbonyl (C=O) groups is 2. The molecule has 6 N–H and O–H groups in total. The minimum absolute atomic E-state index is 0.294. The summed E-state index contributed by atoms with van der Waals surface area (Å²) in [5.41, 5.74) is 8.27. The van der Waals surface area contributed by atoms with Gasteiger partial charge in [-0.05, 0) is 0 Å². The average molecular weight is 176 g/mol. The lowest BCUT2D eigenvalue weighted by molar-refractivity contribution is -0.146. The molecule has 0 rings (SSSR count). The average Bonchev–Trinajstić information content (AvgIpc) is 1.85. The third-order valence-electron chi connectivity index (χ3n) is 1.46. The third kappa shape index (κ3) is 2.85. The number of carboxylic acid groups (broad SMARTS) is 2. The molecule has 0 aliphatic carbocycles. The molecule has 0 radical (unpaired) electrons. The molecule has 1 atom stereocenters. The summed E-state index contributed by atoms with van der Waals surface area (Å²) in [5.74, 6) is -3.39. The monoisotopic (exact) mass is 176 g/mol. The van der Waals surface area contributed by atoms with Crippen LogP contribution in [0.1, 0.15) is 13.3 Å². The maximum Gasteiger partial charge on any atom is 0.338 e. The van der Waals surface area contributed by atoms with Crippen LogP contribution in [0.2, 0.25) is 0 Å². The second kappa shape index (κ2) is 3.51. The third-order valence-corrected chi connectivity index (χ3v) is 1.46. The van der Waals surface area contributed by atoms with Crippen LogP contribution in [0.4, 0.5) is 0 Å². The van der Waals surface area contributed by atoms with E-state index in [1.807, 2.05) is 0 Å². The lowest BCUT2D eigenvalue weighted by atomic mass is 9.98. The maximum atomic E-state index is 10.3. The van der Waals surface area contributed by atoms with E-state index in [2.05, 4.69) is 0 Å². The van der Waals surface area contributed by atoms with Gasteiger partial charge in [0, 0.05) is 6.42 Å². The molecule has 0 aromatic rings. The van der Waals surface area contributed by atoms with Gasteiger partial charge in [0.25, 0.3) is 0 Å². The predicted octanol–water partition coefficient (Wildman–Crippen LogP) is -1.20. The molecule has 12 heavy (non-hydrogen) atoms. The van der Waals surface area contributed by atoms with Crippen LogP contribution in [0.3, 0.4) is 0 Å². The van der Waals surface area contributed by atoms with Gasteiger partial charge in [0.15, 0.2) is 5.66 Å². The van der Waals surface area contributed by atoms with E-state index in [-0.39, 0.29) is 6.42 Å². The Balaban J connectivity index is 4.24. The second-order valence-electron chi connectivity index (χ2n) is 2.79. The van der Waals surface area contributed by atoms with Gasteiger partial charge in [0.05, 0.1) is 5.92 Å². The van der Waals surface area contributed by atoms with Crippen molar-refractivity contribution in [2.45, 2.75) is 19.0 Å². The van der Waals surface area contributed by atoms with Crippen LogP contribution in [-0.4, -0.2) is 27.8 Å². The van der Waals surface area contributed by atoms with Crippen LogP contribution >= 0.6 is 0 Å². The largest absolute Gasteiger partial charge is 0.481 e. The smallest absolute Gasteiger partial charge is 0.338 e. The quantitative estimate of drug-likeness (QED) is 0.398. The molecule has 0 saturated heterocycles. The standard InChI is InChI=1S/C6H12N2O4/c1-3(4(9)10)2-6(7,8)5(11)12/h3H,2,7-8H2,1H3,(H,9,10)(H,11,12). The van der Waals surface area contributed by atoms with Crippen LogP contribution < -0.4 is 11.5 Å². The molecule has 0 aromatic carbocycles. The Morgan fingerprint density at radius 2 is 1.83 bits per heavy atom. The molecule has 0 amide bonds. The van der Waals surface area contributed by atoms with Gasteiger partial charge in [-0.25, -0.2) is 4.79 Å². The van der Waals surface area contributed by atoms with Crippen LogP contribution in [0, 0.1) is 5.92 Å². The van der Waals surface area contributed by atoms with Crippen molar-refractivity contribution in [1.82, 2.24) is 0 Å². The van der Waals surface area contributed by atoms with E-state index < -0.39 is 23.5 Å². The van der Waals surface area contributed by atoms with Crippen molar-refractivity contribution < 1.29 is 19.8 Å². The van der Waals surface area contributed by atoms with Gasteiger partial charge < -0.3 is 21.7 Å². The van der Waals surface area contributed by atoms with Gasteiger partial charge >= 0.3 is 11.9 Å². The van der Waals surface area contributed by atoms with Crippen molar-refractivity contribution >= 4 is 11.9 Å². The van der Waals surface area contributed by atoms with Crippen LogP contribution in [0.15, 0.2) is 0 Å². The number of aliphatic carboxylic acids is 2. The summed E-state index contributed by atoms with van der Waals surface area (Å²) in [5, 5.41) is 16.9. The van der Waals surface area contributed by atoms with Crippen LogP contribution in [0.5, 0.6) is 0 Å². The summed E-state index contributed by atoms with van der Waals surface area (Å²) < 4.78 is 0. The van der Waals surface area contributed by atoms with Crippen molar-refractivity contribution in [3.8, 4) is 0 Å². The fourth-order valence-corrected chi connectivity index (χ4v) is 0.681. The SMILES string of the molecule is CC(CC(N)(N)C(=O)O)C(=O)O. The topological polar surface area (TPSA) is 127 Å². The van der Waals surface area contributed by atoms with Crippen molar-refractivity contribution in [2.75, 3.05) is 0 Å². The van der Waals surface area contributed by atoms with E-state index in [1.165, 1.54) is 6.92 Å². The minimum Gasteiger partial charge on any atom is -0.481 e.